The van der Waals surface area contributed by atoms with Crippen molar-refractivity contribution in [1.29, 1.82) is 0 Å². The Labute approximate surface area is 114 Å². The Balaban J connectivity index is 1.92. The van der Waals surface area contributed by atoms with E-state index >= 15 is 0 Å². The minimum absolute atomic E-state index is 0.0436. The van der Waals surface area contributed by atoms with Gasteiger partial charge in [-0.2, -0.15) is 0 Å². The highest BCUT2D eigenvalue weighted by Crippen LogP contribution is 2.03. The molecule has 1 aromatic carbocycles. The molecule has 2 N–H and O–H groups in total. The standard InChI is InChI=1S/C14H21N5/c1-11-16-13(15-2)18-14(17-11)19(3)10-9-12-7-5-4-6-8-12/h4-8,11H,9-10H2,1-3H3,(H2,15,16,17,18). The van der Waals surface area contributed by atoms with Gasteiger partial charge in [-0.15, -0.1) is 0 Å². The molecule has 102 valence electrons. The number of hydrogen-bond donors (Lipinski definition) is 2. The van der Waals surface area contributed by atoms with E-state index in [2.05, 4.69) is 49.8 Å². The van der Waals surface area contributed by atoms with Crippen LogP contribution >= 0.6 is 0 Å². The molecule has 0 fully saturated rings. The lowest BCUT2D eigenvalue weighted by molar-refractivity contribution is 0.485. The molecule has 1 aliphatic heterocycles. The van der Waals surface area contributed by atoms with Crippen LogP contribution in [0.25, 0.3) is 0 Å². The van der Waals surface area contributed by atoms with E-state index in [1.165, 1.54) is 5.56 Å². The van der Waals surface area contributed by atoms with Gasteiger partial charge in [-0.3, -0.25) is 5.32 Å². The van der Waals surface area contributed by atoms with Crippen molar-refractivity contribution in [3.05, 3.63) is 35.9 Å². The second-order valence-corrected chi connectivity index (χ2v) is 4.59. The topological polar surface area (TPSA) is 52.0 Å². The Hall–Kier alpha value is -2.04. The molecule has 1 aromatic rings. The summed E-state index contributed by atoms with van der Waals surface area (Å²) in [6, 6.07) is 10.5. The molecule has 0 radical (unpaired) electrons. The van der Waals surface area contributed by atoms with Crippen molar-refractivity contribution in [2.75, 3.05) is 20.6 Å². The third-order valence-electron chi connectivity index (χ3n) is 3.03. The third-order valence-corrected chi connectivity index (χ3v) is 3.03. The molecule has 0 amide bonds. The highest BCUT2D eigenvalue weighted by molar-refractivity contribution is 5.99. The van der Waals surface area contributed by atoms with Crippen molar-refractivity contribution < 1.29 is 0 Å². The summed E-state index contributed by atoms with van der Waals surface area (Å²) in [6.07, 6.45) is 0.955. The molecule has 0 aliphatic carbocycles. The molecule has 0 bridgehead atoms. The zero-order valence-electron chi connectivity index (χ0n) is 11.7. The van der Waals surface area contributed by atoms with Gasteiger partial charge in [0.1, 0.15) is 6.17 Å². The summed E-state index contributed by atoms with van der Waals surface area (Å²) in [6.45, 7) is 2.89. The Morgan fingerprint density at radius 2 is 2.00 bits per heavy atom. The highest BCUT2D eigenvalue weighted by atomic mass is 15.4. The van der Waals surface area contributed by atoms with Crippen LogP contribution in [0, 0.1) is 0 Å². The Bertz CT molecular complexity index is 466. The Kier molecular flexibility index (Phi) is 4.39. The Morgan fingerprint density at radius 1 is 1.26 bits per heavy atom. The van der Waals surface area contributed by atoms with Crippen molar-refractivity contribution in [2.45, 2.75) is 19.5 Å². The smallest absolute Gasteiger partial charge is 0.202 e. The molecule has 0 saturated carbocycles. The number of benzene rings is 1. The minimum atomic E-state index is -0.0436. The molecular weight excluding hydrogens is 238 g/mol. The van der Waals surface area contributed by atoms with Gasteiger partial charge in [0.2, 0.25) is 5.96 Å². The quantitative estimate of drug-likeness (QED) is 0.853. The largest absolute Gasteiger partial charge is 0.359 e. The van der Waals surface area contributed by atoms with E-state index in [0.717, 1.165) is 24.9 Å². The molecule has 1 heterocycles. The fourth-order valence-electron chi connectivity index (χ4n) is 1.93. The van der Waals surface area contributed by atoms with Crippen LogP contribution in [0.2, 0.25) is 0 Å². The van der Waals surface area contributed by atoms with E-state index in [1.807, 2.05) is 27.1 Å². The first kappa shape index (κ1) is 13.4. The maximum Gasteiger partial charge on any atom is 0.202 e. The molecular formula is C14H21N5. The van der Waals surface area contributed by atoms with Gasteiger partial charge in [-0.05, 0) is 18.9 Å². The number of nitrogens with zero attached hydrogens (tertiary/aromatic N) is 3. The van der Waals surface area contributed by atoms with Crippen LogP contribution in [0.5, 0.6) is 0 Å². The van der Waals surface area contributed by atoms with E-state index in [0.29, 0.717) is 0 Å². The van der Waals surface area contributed by atoms with Crippen LogP contribution in [0.1, 0.15) is 12.5 Å². The van der Waals surface area contributed by atoms with Crippen molar-refractivity contribution in [1.82, 2.24) is 15.5 Å². The van der Waals surface area contributed by atoms with E-state index < -0.39 is 0 Å². The first-order valence-electron chi connectivity index (χ1n) is 6.54. The van der Waals surface area contributed by atoms with Crippen LogP contribution < -0.4 is 10.6 Å². The molecule has 5 nitrogen and oxygen atoms in total. The summed E-state index contributed by atoms with van der Waals surface area (Å²) >= 11 is 0. The molecule has 1 aliphatic rings. The lowest BCUT2D eigenvalue weighted by atomic mass is 10.1. The van der Waals surface area contributed by atoms with E-state index in [1.54, 1.807) is 0 Å². The van der Waals surface area contributed by atoms with Gasteiger partial charge in [0.05, 0.1) is 0 Å². The van der Waals surface area contributed by atoms with Crippen LogP contribution in [0.3, 0.4) is 0 Å². The van der Waals surface area contributed by atoms with E-state index in [-0.39, 0.29) is 6.17 Å². The normalized spacial score (nSPS) is 18.2. The van der Waals surface area contributed by atoms with Gasteiger partial charge in [-0.25, -0.2) is 9.98 Å². The van der Waals surface area contributed by atoms with Crippen LogP contribution in [-0.2, 0) is 6.42 Å². The van der Waals surface area contributed by atoms with Gasteiger partial charge in [0.15, 0.2) is 5.96 Å². The van der Waals surface area contributed by atoms with Gasteiger partial charge in [-0.1, -0.05) is 30.3 Å². The van der Waals surface area contributed by atoms with Crippen molar-refractivity contribution >= 4 is 11.9 Å². The van der Waals surface area contributed by atoms with Crippen molar-refractivity contribution in [2.24, 2.45) is 9.98 Å². The van der Waals surface area contributed by atoms with Gasteiger partial charge in [0, 0.05) is 20.6 Å². The second-order valence-electron chi connectivity index (χ2n) is 4.59. The van der Waals surface area contributed by atoms with Crippen LogP contribution in [-0.4, -0.2) is 43.6 Å². The molecule has 1 unspecified atom stereocenters. The van der Waals surface area contributed by atoms with Gasteiger partial charge >= 0.3 is 0 Å². The van der Waals surface area contributed by atoms with Crippen LogP contribution in [0.4, 0.5) is 0 Å². The maximum atomic E-state index is 4.50. The monoisotopic (exact) mass is 259 g/mol. The van der Waals surface area contributed by atoms with E-state index in [4.69, 9.17) is 0 Å². The summed E-state index contributed by atoms with van der Waals surface area (Å²) in [5, 5.41) is 6.21. The molecule has 5 heteroatoms. The number of guanidine groups is 2. The predicted octanol–water partition coefficient (Wildman–Crippen LogP) is 1.04. The average molecular weight is 259 g/mol. The number of nitrogens with one attached hydrogen (secondary N) is 2. The van der Waals surface area contributed by atoms with Crippen molar-refractivity contribution in [3.8, 4) is 0 Å². The first-order valence-corrected chi connectivity index (χ1v) is 6.54. The zero-order chi connectivity index (χ0) is 13.7. The van der Waals surface area contributed by atoms with Gasteiger partial charge in [0.25, 0.3) is 0 Å². The number of hydrogen-bond acceptors (Lipinski definition) is 5. The maximum absolute atomic E-state index is 4.50. The number of rotatable bonds is 3. The third kappa shape index (κ3) is 3.71. The van der Waals surface area contributed by atoms with Crippen molar-refractivity contribution in [3.63, 3.8) is 0 Å². The first-order chi connectivity index (χ1) is 9.19. The minimum Gasteiger partial charge on any atom is -0.359 e. The lowest BCUT2D eigenvalue weighted by Crippen LogP contribution is -2.50. The summed E-state index contributed by atoms with van der Waals surface area (Å²) in [5.41, 5.74) is 1.33. The molecule has 2 rings (SSSR count). The highest BCUT2D eigenvalue weighted by Gasteiger charge is 2.15. The number of likely N-dealkylation sites (N-methyl/N-ethyl adjacent to an activating group) is 1. The summed E-state index contributed by atoms with van der Waals surface area (Å²) in [4.78, 5) is 10.9. The molecule has 19 heavy (non-hydrogen) atoms. The summed E-state index contributed by atoms with van der Waals surface area (Å²) in [7, 11) is 3.89. The molecule has 0 aromatic heterocycles. The lowest BCUT2D eigenvalue weighted by Gasteiger charge is -2.26. The Morgan fingerprint density at radius 3 is 2.68 bits per heavy atom. The van der Waals surface area contributed by atoms with E-state index in [9.17, 15) is 0 Å². The predicted molar refractivity (Wildman–Crippen MR) is 79.3 cm³/mol. The number of aliphatic imine (C=N–C) groups is 2. The van der Waals surface area contributed by atoms with Gasteiger partial charge < -0.3 is 10.2 Å². The SMILES string of the molecule is CNC1=NC(C)N=C(N(C)CCc2ccccc2)N1. The molecule has 0 saturated heterocycles. The fraction of sp³-hybridized carbons (Fsp3) is 0.429. The summed E-state index contributed by atoms with van der Waals surface area (Å²) < 4.78 is 0. The average Bonchev–Trinajstić information content (AvgIpc) is 2.45. The zero-order valence-corrected chi connectivity index (χ0v) is 11.7. The fourth-order valence-corrected chi connectivity index (χ4v) is 1.93. The summed E-state index contributed by atoms with van der Waals surface area (Å²) in [5.74, 6) is 1.63. The second kappa shape index (κ2) is 6.22. The van der Waals surface area contributed by atoms with Crippen LogP contribution in [0.15, 0.2) is 40.3 Å². The molecule has 1 atom stereocenters. The molecule has 0 spiro atoms.